The zero-order chi connectivity index (χ0) is 16.0. The molecule has 0 radical (unpaired) electrons. The third-order valence-electron chi connectivity index (χ3n) is 4.22. The Hall–Kier alpha value is -1.05. The van der Waals surface area contributed by atoms with Crippen molar-refractivity contribution in [3.8, 4) is 6.01 Å². The topological polar surface area (TPSA) is 87.7 Å². The number of aliphatic hydroxyl groups is 3. The van der Waals surface area contributed by atoms with Crippen LogP contribution in [-0.4, -0.2) is 50.8 Å². The van der Waals surface area contributed by atoms with Crippen LogP contribution < -0.4 is 4.74 Å². The smallest absolute Gasteiger partial charge is 0.297 e. The first kappa shape index (κ1) is 15.8. The molecule has 1 heterocycles. The van der Waals surface area contributed by atoms with Crippen molar-refractivity contribution in [1.29, 1.82) is 0 Å². The van der Waals surface area contributed by atoms with Gasteiger partial charge in [0, 0.05) is 12.5 Å². The van der Waals surface area contributed by atoms with Crippen LogP contribution in [0, 0.1) is 5.92 Å². The van der Waals surface area contributed by atoms with Gasteiger partial charge in [-0.15, -0.1) is 0 Å². The van der Waals surface area contributed by atoms with Gasteiger partial charge in [0.05, 0.1) is 40.3 Å². The molecule has 22 heavy (non-hydrogen) atoms. The predicted octanol–water partition coefficient (Wildman–Crippen LogP) is 1.63. The molecule has 0 unspecified atom stereocenters. The monoisotopic (exact) mass is 346 g/mol. The SMILES string of the molecule is COc1nc2cc(Cl)c(Cl)cc2n1[C@H]1C[C@@H](CO)[C@H](O)[C@@H]1O. The van der Waals surface area contributed by atoms with Crippen LogP contribution in [0.3, 0.4) is 0 Å². The molecule has 1 fully saturated rings. The van der Waals surface area contributed by atoms with Gasteiger partial charge in [0.15, 0.2) is 0 Å². The molecule has 0 spiro atoms. The highest BCUT2D eigenvalue weighted by Crippen LogP contribution is 2.41. The van der Waals surface area contributed by atoms with Crippen LogP contribution in [0.25, 0.3) is 11.0 Å². The Labute approximate surface area is 136 Å². The standard InChI is InChI=1S/C14H16Cl2N2O4/c1-22-14-17-9-3-7(15)8(16)4-10(9)18(14)11-2-6(5-19)12(20)13(11)21/h3-4,6,11-13,19-21H,2,5H2,1H3/t6-,11-,12-,13+/m0/s1. The molecule has 1 aromatic heterocycles. The second-order valence-corrected chi connectivity index (χ2v) is 6.26. The molecule has 1 aliphatic rings. The summed E-state index contributed by atoms with van der Waals surface area (Å²) in [4.78, 5) is 4.33. The third kappa shape index (κ3) is 2.35. The van der Waals surface area contributed by atoms with E-state index in [0.717, 1.165) is 0 Å². The second kappa shape index (κ2) is 5.86. The van der Waals surface area contributed by atoms with E-state index in [1.165, 1.54) is 7.11 Å². The van der Waals surface area contributed by atoms with E-state index in [4.69, 9.17) is 27.9 Å². The Morgan fingerprint density at radius 2 is 1.95 bits per heavy atom. The van der Waals surface area contributed by atoms with E-state index in [1.54, 1.807) is 16.7 Å². The first-order valence-electron chi connectivity index (χ1n) is 6.86. The van der Waals surface area contributed by atoms with Crippen molar-refractivity contribution in [2.75, 3.05) is 13.7 Å². The molecule has 4 atom stereocenters. The van der Waals surface area contributed by atoms with Gasteiger partial charge in [0.2, 0.25) is 0 Å². The highest BCUT2D eigenvalue weighted by Gasteiger charge is 2.43. The lowest BCUT2D eigenvalue weighted by atomic mass is 10.1. The molecule has 120 valence electrons. The molecule has 3 N–H and O–H groups in total. The lowest BCUT2D eigenvalue weighted by Gasteiger charge is -2.20. The predicted molar refractivity (Wildman–Crippen MR) is 82.5 cm³/mol. The van der Waals surface area contributed by atoms with E-state index in [-0.39, 0.29) is 6.61 Å². The normalized spacial score (nSPS) is 28.5. The summed E-state index contributed by atoms with van der Waals surface area (Å²) in [6.45, 7) is -0.198. The average molecular weight is 347 g/mol. The summed E-state index contributed by atoms with van der Waals surface area (Å²) in [5, 5.41) is 30.4. The number of halogens is 2. The van der Waals surface area contributed by atoms with Crippen molar-refractivity contribution in [1.82, 2.24) is 9.55 Å². The summed E-state index contributed by atoms with van der Waals surface area (Å²) in [7, 11) is 1.47. The van der Waals surface area contributed by atoms with Gasteiger partial charge in [-0.05, 0) is 18.6 Å². The van der Waals surface area contributed by atoms with Gasteiger partial charge < -0.3 is 20.1 Å². The summed E-state index contributed by atoms with van der Waals surface area (Å²) in [5.74, 6) is -0.398. The number of hydrogen-bond acceptors (Lipinski definition) is 5. The Bertz CT molecular complexity index is 706. The Kier molecular flexibility index (Phi) is 4.22. The van der Waals surface area contributed by atoms with Crippen LogP contribution in [0.1, 0.15) is 12.5 Å². The molecule has 0 saturated heterocycles. The van der Waals surface area contributed by atoms with Crippen molar-refractivity contribution >= 4 is 34.2 Å². The first-order chi connectivity index (χ1) is 10.5. The Morgan fingerprint density at radius 3 is 2.55 bits per heavy atom. The van der Waals surface area contributed by atoms with Crippen molar-refractivity contribution in [2.45, 2.75) is 24.7 Å². The van der Waals surface area contributed by atoms with Gasteiger partial charge in [0.1, 0.15) is 6.10 Å². The lowest BCUT2D eigenvalue weighted by Crippen LogP contribution is -2.30. The number of methoxy groups -OCH3 is 1. The number of ether oxygens (including phenoxy) is 1. The van der Waals surface area contributed by atoms with Crippen molar-refractivity contribution < 1.29 is 20.1 Å². The first-order valence-corrected chi connectivity index (χ1v) is 7.61. The summed E-state index contributed by atoms with van der Waals surface area (Å²) in [6, 6.07) is 3.10. The maximum Gasteiger partial charge on any atom is 0.297 e. The number of imidazole rings is 1. The van der Waals surface area contributed by atoms with E-state index in [9.17, 15) is 15.3 Å². The highest BCUT2D eigenvalue weighted by atomic mass is 35.5. The summed E-state index contributed by atoms with van der Waals surface area (Å²) < 4.78 is 6.98. The molecule has 0 aliphatic heterocycles. The van der Waals surface area contributed by atoms with Gasteiger partial charge in [-0.25, -0.2) is 0 Å². The molecule has 3 rings (SSSR count). The summed E-state index contributed by atoms with van der Waals surface area (Å²) in [6.07, 6.45) is -1.63. The van der Waals surface area contributed by atoms with E-state index >= 15 is 0 Å². The zero-order valence-electron chi connectivity index (χ0n) is 11.8. The van der Waals surface area contributed by atoms with E-state index < -0.39 is 24.2 Å². The summed E-state index contributed by atoms with van der Waals surface area (Å²) in [5.41, 5.74) is 1.24. The number of aliphatic hydroxyl groups excluding tert-OH is 3. The van der Waals surface area contributed by atoms with Gasteiger partial charge in [-0.2, -0.15) is 4.98 Å². The van der Waals surface area contributed by atoms with Gasteiger partial charge in [-0.3, -0.25) is 4.57 Å². The Balaban J connectivity index is 2.15. The molecule has 1 aliphatic carbocycles. The molecule has 6 nitrogen and oxygen atoms in total. The van der Waals surface area contributed by atoms with E-state index in [1.807, 2.05) is 0 Å². The molecule has 1 aromatic carbocycles. The minimum Gasteiger partial charge on any atom is -0.468 e. The fourth-order valence-corrected chi connectivity index (χ4v) is 3.38. The zero-order valence-corrected chi connectivity index (χ0v) is 13.3. The molecule has 8 heteroatoms. The van der Waals surface area contributed by atoms with Crippen LogP contribution in [0.5, 0.6) is 6.01 Å². The largest absolute Gasteiger partial charge is 0.468 e. The lowest BCUT2D eigenvalue weighted by molar-refractivity contribution is -0.00431. The maximum atomic E-state index is 10.3. The van der Waals surface area contributed by atoms with Crippen molar-refractivity contribution in [3.05, 3.63) is 22.2 Å². The molecule has 0 amide bonds. The van der Waals surface area contributed by atoms with Gasteiger partial charge in [-0.1, -0.05) is 23.2 Å². The van der Waals surface area contributed by atoms with Crippen LogP contribution >= 0.6 is 23.2 Å². The maximum absolute atomic E-state index is 10.3. The minimum absolute atomic E-state index is 0.198. The fraction of sp³-hybridized carbons (Fsp3) is 0.500. The number of hydrogen-bond donors (Lipinski definition) is 3. The fourth-order valence-electron chi connectivity index (χ4n) is 3.07. The van der Waals surface area contributed by atoms with Crippen LogP contribution in [0.4, 0.5) is 0 Å². The second-order valence-electron chi connectivity index (χ2n) is 5.45. The highest BCUT2D eigenvalue weighted by molar-refractivity contribution is 6.42. The van der Waals surface area contributed by atoms with Crippen LogP contribution in [0.15, 0.2) is 12.1 Å². The van der Waals surface area contributed by atoms with E-state index in [0.29, 0.717) is 33.5 Å². The minimum atomic E-state index is -1.03. The van der Waals surface area contributed by atoms with E-state index in [2.05, 4.69) is 4.98 Å². The molecular formula is C14H16Cl2N2O4. The average Bonchev–Trinajstić information content (AvgIpc) is 2.98. The van der Waals surface area contributed by atoms with Gasteiger partial charge >= 0.3 is 0 Å². The summed E-state index contributed by atoms with van der Waals surface area (Å²) >= 11 is 12.1. The molecule has 2 aromatic rings. The van der Waals surface area contributed by atoms with Crippen LogP contribution in [-0.2, 0) is 0 Å². The van der Waals surface area contributed by atoms with Crippen molar-refractivity contribution in [2.24, 2.45) is 5.92 Å². The molecular weight excluding hydrogens is 331 g/mol. The van der Waals surface area contributed by atoms with Crippen LogP contribution in [0.2, 0.25) is 10.0 Å². The number of rotatable bonds is 3. The van der Waals surface area contributed by atoms with Gasteiger partial charge in [0.25, 0.3) is 6.01 Å². The van der Waals surface area contributed by atoms with Crippen molar-refractivity contribution in [3.63, 3.8) is 0 Å². The Morgan fingerprint density at radius 1 is 1.27 bits per heavy atom. The number of fused-ring (bicyclic) bond motifs is 1. The third-order valence-corrected chi connectivity index (χ3v) is 4.94. The number of nitrogens with zero attached hydrogens (tertiary/aromatic N) is 2. The number of aromatic nitrogens is 2. The molecule has 1 saturated carbocycles. The quantitative estimate of drug-likeness (QED) is 0.786. The molecule has 0 bridgehead atoms. The number of benzene rings is 1.